The molecule has 4 nitrogen and oxygen atoms in total. The molecule has 4 N–H and O–H groups in total. The third-order valence-electron chi connectivity index (χ3n) is 3.92. The Kier molecular flexibility index (Phi) is 5.50. The first-order chi connectivity index (χ1) is 8.82. The van der Waals surface area contributed by atoms with E-state index in [0.717, 1.165) is 0 Å². The molecule has 0 amide bonds. The fraction of sp³-hybridized carbons (Fsp3) is 0.600. The van der Waals surface area contributed by atoms with Gasteiger partial charge in [0, 0.05) is 5.92 Å². The Hall–Kier alpha value is -0.940. The summed E-state index contributed by atoms with van der Waals surface area (Å²) in [5.74, 6) is -0.669. The van der Waals surface area contributed by atoms with E-state index in [1.165, 1.54) is 6.92 Å². The van der Waals surface area contributed by atoms with Crippen LogP contribution in [0.25, 0.3) is 0 Å². The van der Waals surface area contributed by atoms with Crippen LogP contribution in [0.3, 0.4) is 0 Å². The quantitative estimate of drug-likeness (QED) is 0.626. The molecule has 0 aromatic heterocycles. The summed E-state index contributed by atoms with van der Waals surface area (Å²) in [4.78, 5) is 0. The van der Waals surface area contributed by atoms with Crippen LogP contribution in [0.15, 0.2) is 30.3 Å². The van der Waals surface area contributed by atoms with Gasteiger partial charge in [0.2, 0.25) is 0 Å². The van der Waals surface area contributed by atoms with Crippen LogP contribution in [0.5, 0.6) is 0 Å². The Morgan fingerprint density at radius 3 is 2.11 bits per heavy atom. The van der Waals surface area contributed by atoms with Gasteiger partial charge in [0.1, 0.15) is 6.10 Å². The monoisotopic (exact) mass is 268 g/mol. The van der Waals surface area contributed by atoms with Gasteiger partial charge in [-0.15, -0.1) is 0 Å². The maximum Gasteiger partial charge on any atom is 0.108 e. The van der Waals surface area contributed by atoms with Crippen LogP contribution in [0, 0.1) is 5.92 Å². The lowest BCUT2D eigenvalue weighted by atomic mass is 9.78. The number of rotatable bonds is 6. The molecule has 1 rings (SSSR count). The molecule has 0 fully saturated rings. The van der Waals surface area contributed by atoms with Gasteiger partial charge in [-0.05, 0) is 18.9 Å². The van der Waals surface area contributed by atoms with Gasteiger partial charge in [0.25, 0.3) is 0 Å². The summed E-state index contributed by atoms with van der Waals surface area (Å²) in [6.45, 7) is 4.85. The van der Waals surface area contributed by atoms with E-state index in [-0.39, 0.29) is 0 Å². The minimum absolute atomic E-state index is 0.392. The molecule has 4 heteroatoms. The molecule has 0 saturated heterocycles. The zero-order valence-corrected chi connectivity index (χ0v) is 11.7. The zero-order valence-electron chi connectivity index (χ0n) is 11.7. The van der Waals surface area contributed by atoms with Gasteiger partial charge >= 0.3 is 0 Å². The number of aliphatic hydroxyl groups is 4. The van der Waals surface area contributed by atoms with Crippen LogP contribution in [-0.2, 0) is 0 Å². The van der Waals surface area contributed by atoms with Crippen molar-refractivity contribution in [1.82, 2.24) is 0 Å². The largest absolute Gasteiger partial charge is 0.390 e. The molecule has 5 atom stereocenters. The fourth-order valence-corrected chi connectivity index (χ4v) is 2.14. The van der Waals surface area contributed by atoms with Gasteiger partial charge in [-0.2, -0.15) is 0 Å². The summed E-state index contributed by atoms with van der Waals surface area (Å²) in [6.07, 6.45) is -2.73. The SMILES string of the molecule is CCC(O)C(O)C(C)C(C)(O)C(O)c1ccccc1. The van der Waals surface area contributed by atoms with E-state index in [4.69, 9.17) is 0 Å². The predicted octanol–water partition coefficient (Wildman–Crippen LogP) is 1.24. The maximum atomic E-state index is 10.5. The second kappa shape index (κ2) is 6.48. The van der Waals surface area contributed by atoms with E-state index in [9.17, 15) is 20.4 Å². The zero-order chi connectivity index (χ0) is 14.6. The first-order valence-electron chi connectivity index (χ1n) is 6.63. The molecule has 0 aliphatic heterocycles. The number of benzene rings is 1. The fourth-order valence-electron chi connectivity index (χ4n) is 2.14. The molecular weight excluding hydrogens is 244 g/mol. The van der Waals surface area contributed by atoms with Gasteiger partial charge in [0.15, 0.2) is 0 Å². The van der Waals surface area contributed by atoms with Crippen molar-refractivity contribution in [3.8, 4) is 0 Å². The Balaban J connectivity index is 2.90. The van der Waals surface area contributed by atoms with Crippen LogP contribution in [0.4, 0.5) is 0 Å². The Morgan fingerprint density at radius 2 is 1.63 bits per heavy atom. The van der Waals surface area contributed by atoms with E-state index >= 15 is 0 Å². The van der Waals surface area contributed by atoms with E-state index in [2.05, 4.69) is 0 Å². The van der Waals surface area contributed by atoms with Crippen LogP contribution < -0.4 is 0 Å². The lowest BCUT2D eigenvalue weighted by Crippen LogP contribution is -2.48. The van der Waals surface area contributed by atoms with E-state index in [0.29, 0.717) is 12.0 Å². The van der Waals surface area contributed by atoms with Crippen molar-refractivity contribution in [2.24, 2.45) is 5.92 Å². The Labute approximate surface area is 114 Å². The molecule has 0 aliphatic rings. The second-order valence-electron chi connectivity index (χ2n) is 5.29. The van der Waals surface area contributed by atoms with Gasteiger partial charge in [-0.25, -0.2) is 0 Å². The molecule has 19 heavy (non-hydrogen) atoms. The van der Waals surface area contributed by atoms with Crippen LogP contribution in [-0.4, -0.2) is 38.2 Å². The molecule has 1 aromatic rings. The van der Waals surface area contributed by atoms with E-state index in [1.807, 2.05) is 6.07 Å². The number of hydrogen-bond donors (Lipinski definition) is 4. The van der Waals surface area contributed by atoms with Crippen LogP contribution in [0.2, 0.25) is 0 Å². The minimum Gasteiger partial charge on any atom is -0.390 e. The van der Waals surface area contributed by atoms with Gasteiger partial charge in [-0.1, -0.05) is 44.2 Å². The van der Waals surface area contributed by atoms with Gasteiger partial charge < -0.3 is 20.4 Å². The van der Waals surface area contributed by atoms with Crippen molar-refractivity contribution in [2.75, 3.05) is 0 Å². The predicted molar refractivity (Wildman–Crippen MR) is 73.5 cm³/mol. The Morgan fingerprint density at radius 1 is 1.11 bits per heavy atom. The van der Waals surface area contributed by atoms with Gasteiger partial charge in [0.05, 0.1) is 17.8 Å². The summed E-state index contributed by atoms with van der Waals surface area (Å²) in [5, 5.41) is 40.4. The van der Waals surface area contributed by atoms with Crippen LogP contribution >= 0.6 is 0 Å². The molecule has 0 saturated carbocycles. The van der Waals surface area contributed by atoms with Crippen molar-refractivity contribution >= 4 is 0 Å². The lowest BCUT2D eigenvalue weighted by Gasteiger charge is -2.38. The molecule has 0 aliphatic carbocycles. The normalized spacial score (nSPS) is 21.2. The van der Waals surface area contributed by atoms with Crippen molar-refractivity contribution < 1.29 is 20.4 Å². The number of hydrogen-bond acceptors (Lipinski definition) is 4. The highest BCUT2D eigenvalue weighted by Crippen LogP contribution is 2.34. The molecule has 108 valence electrons. The highest BCUT2D eigenvalue weighted by molar-refractivity contribution is 5.20. The standard InChI is InChI=1S/C15H24O4/c1-4-12(16)13(17)10(2)15(3,19)14(18)11-8-6-5-7-9-11/h5-10,12-14,16-19H,4H2,1-3H3. The minimum atomic E-state index is -1.53. The first-order valence-corrected chi connectivity index (χ1v) is 6.63. The first kappa shape index (κ1) is 16.1. The molecule has 0 heterocycles. The van der Waals surface area contributed by atoms with Crippen LogP contribution in [0.1, 0.15) is 38.9 Å². The Bertz CT molecular complexity index is 377. The highest BCUT2D eigenvalue weighted by Gasteiger charge is 2.42. The summed E-state index contributed by atoms with van der Waals surface area (Å²) in [6, 6.07) is 8.81. The summed E-state index contributed by atoms with van der Waals surface area (Å²) in [7, 11) is 0. The van der Waals surface area contributed by atoms with Crippen molar-refractivity contribution in [3.63, 3.8) is 0 Å². The molecule has 0 bridgehead atoms. The maximum absolute atomic E-state index is 10.5. The third-order valence-corrected chi connectivity index (χ3v) is 3.92. The van der Waals surface area contributed by atoms with Crippen molar-refractivity contribution in [3.05, 3.63) is 35.9 Å². The topological polar surface area (TPSA) is 80.9 Å². The van der Waals surface area contributed by atoms with E-state index in [1.54, 1.807) is 38.1 Å². The molecule has 0 spiro atoms. The lowest BCUT2D eigenvalue weighted by molar-refractivity contribution is -0.147. The number of aliphatic hydroxyl groups excluding tert-OH is 3. The average Bonchev–Trinajstić information content (AvgIpc) is 2.44. The smallest absolute Gasteiger partial charge is 0.108 e. The molecular formula is C15H24O4. The molecule has 1 aromatic carbocycles. The molecule has 5 unspecified atom stereocenters. The van der Waals surface area contributed by atoms with Gasteiger partial charge in [-0.3, -0.25) is 0 Å². The molecule has 0 radical (unpaired) electrons. The summed E-state index contributed by atoms with van der Waals surface area (Å²) >= 11 is 0. The summed E-state index contributed by atoms with van der Waals surface area (Å²) < 4.78 is 0. The van der Waals surface area contributed by atoms with Crippen molar-refractivity contribution in [1.29, 1.82) is 0 Å². The highest BCUT2D eigenvalue weighted by atomic mass is 16.4. The average molecular weight is 268 g/mol. The third kappa shape index (κ3) is 3.54. The van der Waals surface area contributed by atoms with Crippen molar-refractivity contribution in [2.45, 2.75) is 51.1 Å². The summed E-state index contributed by atoms with van der Waals surface area (Å²) in [5.41, 5.74) is -0.950. The van der Waals surface area contributed by atoms with E-state index < -0.39 is 29.8 Å². The second-order valence-corrected chi connectivity index (χ2v) is 5.29.